The average Bonchev–Trinajstić information content (AvgIpc) is 2.82. The molecule has 100 valence electrons. The van der Waals surface area contributed by atoms with Gasteiger partial charge in [0.2, 0.25) is 5.88 Å². The van der Waals surface area contributed by atoms with Crippen molar-refractivity contribution >= 4 is 21.8 Å². The highest BCUT2D eigenvalue weighted by Crippen LogP contribution is 2.38. The Morgan fingerprint density at radius 3 is 2.79 bits per heavy atom. The first kappa shape index (κ1) is 12.7. The highest BCUT2D eigenvalue weighted by atomic mass is 79.9. The summed E-state index contributed by atoms with van der Waals surface area (Å²) in [5.41, 5.74) is 8.87. The molecule has 1 aliphatic rings. The van der Waals surface area contributed by atoms with E-state index in [-0.39, 0.29) is 0 Å². The number of aromatic nitrogens is 1. The van der Waals surface area contributed by atoms with Crippen molar-refractivity contribution in [2.24, 2.45) is 0 Å². The first-order valence-corrected chi connectivity index (χ1v) is 7.13. The number of benzene rings is 1. The van der Waals surface area contributed by atoms with Crippen molar-refractivity contribution in [3.8, 4) is 11.1 Å². The lowest BCUT2D eigenvalue weighted by Crippen LogP contribution is -2.15. The van der Waals surface area contributed by atoms with Crippen LogP contribution < -0.4 is 5.73 Å². The molecule has 5 heteroatoms. The predicted molar refractivity (Wildman–Crippen MR) is 76.8 cm³/mol. The molecule has 1 fully saturated rings. The number of halogens is 1. The van der Waals surface area contributed by atoms with E-state index in [2.05, 4.69) is 21.1 Å². The fourth-order valence-electron chi connectivity index (χ4n) is 2.50. The van der Waals surface area contributed by atoms with E-state index in [1.807, 2.05) is 24.3 Å². The van der Waals surface area contributed by atoms with Crippen LogP contribution in [0, 0.1) is 0 Å². The molecule has 3 rings (SSSR count). The second-order valence-corrected chi connectivity index (χ2v) is 5.62. The molecule has 1 saturated heterocycles. The van der Waals surface area contributed by atoms with Gasteiger partial charge < -0.3 is 15.0 Å². The van der Waals surface area contributed by atoms with Crippen LogP contribution in [0.5, 0.6) is 0 Å². The van der Waals surface area contributed by atoms with Gasteiger partial charge in [-0.25, -0.2) is 0 Å². The summed E-state index contributed by atoms with van der Waals surface area (Å²) in [5.74, 6) is 0.753. The highest BCUT2D eigenvalue weighted by molar-refractivity contribution is 9.10. The Hall–Kier alpha value is -1.33. The molecular formula is C14H15BrN2O2. The molecule has 19 heavy (non-hydrogen) atoms. The molecule has 0 unspecified atom stereocenters. The van der Waals surface area contributed by atoms with Gasteiger partial charge in [-0.15, -0.1) is 0 Å². The van der Waals surface area contributed by atoms with Gasteiger partial charge in [0, 0.05) is 23.6 Å². The van der Waals surface area contributed by atoms with E-state index in [9.17, 15) is 0 Å². The zero-order valence-electron chi connectivity index (χ0n) is 10.4. The molecule has 2 aromatic rings. The number of nitrogens with zero attached hydrogens (tertiary/aromatic N) is 1. The minimum Gasteiger partial charge on any atom is -0.381 e. The van der Waals surface area contributed by atoms with Gasteiger partial charge in [0.05, 0.1) is 11.3 Å². The Balaban J connectivity index is 2.03. The van der Waals surface area contributed by atoms with Crippen molar-refractivity contribution in [3.63, 3.8) is 0 Å². The van der Waals surface area contributed by atoms with Crippen LogP contribution in [0.15, 0.2) is 33.3 Å². The molecule has 1 aliphatic heterocycles. The summed E-state index contributed by atoms with van der Waals surface area (Å²) < 4.78 is 11.6. The molecule has 4 nitrogen and oxygen atoms in total. The SMILES string of the molecule is Nc1onc(C2CCOCC2)c1-c1cccc(Br)c1. The van der Waals surface area contributed by atoms with Crippen LogP contribution in [0.2, 0.25) is 0 Å². The van der Waals surface area contributed by atoms with E-state index < -0.39 is 0 Å². The summed E-state index contributed by atoms with van der Waals surface area (Å²) in [6.07, 6.45) is 1.93. The van der Waals surface area contributed by atoms with Gasteiger partial charge in [-0.1, -0.05) is 33.2 Å². The van der Waals surface area contributed by atoms with Crippen molar-refractivity contribution < 1.29 is 9.26 Å². The molecule has 1 aromatic carbocycles. The maximum atomic E-state index is 5.95. The number of anilines is 1. The Morgan fingerprint density at radius 1 is 1.26 bits per heavy atom. The maximum absolute atomic E-state index is 5.95. The molecule has 2 N–H and O–H groups in total. The van der Waals surface area contributed by atoms with E-state index in [4.69, 9.17) is 15.0 Å². The Morgan fingerprint density at radius 2 is 2.05 bits per heavy atom. The summed E-state index contributed by atoms with van der Waals surface area (Å²) in [6.45, 7) is 1.55. The van der Waals surface area contributed by atoms with Crippen LogP contribution in [0.3, 0.4) is 0 Å². The molecule has 2 heterocycles. The van der Waals surface area contributed by atoms with E-state index in [0.29, 0.717) is 11.8 Å². The Bertz CT molecular complexity index is 577. The van der Waals surface area contributed by atoms with Crippen LogP contribution in [0.1, 0.15) is 24.5 Å². The lowest BCUT2D eigenvalue weighted by Gasteiger charge is -2.20. The number of ether oxygens (including phenoxy) is 1. The van der Waals surface area contributed by atoms with Crippen LogP contribution in [0.4, 0.5) is 5.88 Å². The number of nitrogen functional groups attached to an aromatic ring is 1. The van der Waals surface area contributed by atoms with Crippen molar-refractivity contribution in [2.45, 2.75) is 18.8 Å². The van der Waals surface area contributed by atoms with Gasteiger partial charge in [-0.2, -0.15) is 0 Å². The summed E-state index contributed by atoms with van der Waals surface area (Å²) in [7, 11) is 0. The minimum atomic E-state index is 0.365. The van der Waals surface area contributed by atoms with Crippen molar-refractivity contribution in [3.05, 3.63) is 34.4 Å². The molecule has 0 aliphatic carbocycles. The first-order valence-electron chi connectivity index (χ1n) is 6.34. The van der Waals surface area contributed by atoms with Gasteiger partial charge in [0.1, 0.15) is 0 Å². The molecule has 0 saturated carbocycles. The molecule has 0 amide bonds. The van der Waals surface area contributed by atoms with E-state index in [1.54, 1.807) is 0 Å². The monoisotopic (exact) mass is 322 g/mol. The predicted octanol–water partition coefficient (Wildman–Crippen LogP) is 3.58. The normalized spacial score (nSPS) is 16.7. The van der Waals surface area contributed by atoms with E-state index in [1.165, 1.54) is 0 Å². The second kappa shape index (κ2) is 5.35. The third kappa shape index (κ3) is 2.53. The van der Waals surface area contributed by atoms with Gasteiger partial charge in [-0.3, -0.25) is 0 Å². The quantitative estimate of drug-likeness (QED) is 0.917. The summed E-state index contributed by atoms with van der Waals surface area (Å²) >= 11 is 3.48. The smallest absolute Gasteiger partial charge is 0.230 e. The number of hydrogen-bond donors (Lipinski definition) is 1. The Labute approximate surface area is 120 Å². The highest BCUT2D eigenvalue weighted by Gasteiger charge is 2.25. The maximum Gasteiger partial charge on any atom is 0.230 e. The standard InChI is InChI=1S/C14H15BrN2O2/c15-11-3-1-2-10(8-11)12-13(17-19-14(12)16)9-4-6-18-7-5-9/h1-3,8-9H,4-7,16H2. The largest absolute Gasteiger partial charge is 0.381 e. The van der Waals surface area contributed by atoms with Crippen molar-refractivity contribution in [1.29, 1.82) is 0 Å². The van der Waals surface area contributed by atoms with Crippen LogP contribution >= 0.6 is 15.9 Å². The lowest BCUT2D eigenvalue weighted by molar-refractivity contribution is 0.0839. The third-order valence-corrected chi connectivity index (χ3v) is 3.96. The van der Waals surface area contributed by atoms with Crippen LogP contribution in [-0.2, 0) is 4.74 Å². The molecule has 1 aromatic heterocycles. The molecule has 0 radical (unpaired) electrons. The summed E-state index contributed by atoms with van der Waals surface area (Å²) in [4.78, 5) is 0. The molecule has 0 atom stereocenters. The fourth-order valence-corrected chi connectivity index (χ4v) is 2.90. The van der Waals surface area contributed by atoms with E-state index in [0.717, 1.165) is 47.3 Å². The van der Waals surface area contributed by atoms with Crippen molar-refractivity contribution in [2.75, 3.05) is 18.9 Å². The first-order chi connectivity index (χ1) is 9.25. The van der Waals surface area contributed by atoms with Gasteiger partial charge in [0.15, 0.2) is 0 Å². The number of nitrogens with two attached hydrogens (primary N) is 1. The zero-order chi connectivity index (χ0) is 13.2. The Kier molecular flexibility index (Phi) is 3.57. The average molecular weight is 323 g/mol. The lowest BCUT2D eigenvalue weighted by atomic mass is 9.91. The molecular weight excluding hydrogens is 308 g/mol. The summed E-state index contributed by atoms with van der Waals surface area (Å²) in [5, 5.41) is 4.17. The van der Waals surface area contributed by atoms with Crippen LogP contribution in [-0.4, -0.2) is 18.4 Å². The topological polar surface area (TPSA) is 61.3 Å². The number of rotatable bonds is 2. The third-order valence-electron chi connectivity index (χ3n) is 3.47. The zero-order valence-corrected chi connectivity index (χ0v) is 12.0. The van der Waals surface area contributed by atoms with E-state index >= 15 is 0 Å². The second-order valence-electron chi connectivity index (χ2n) is 4.70. The van der Waals surface area contributed by atoms with Crippen molar-refractivity contribution in [1.82, 2.24) is 5.16 Å². The molecule has 0 bridgehead atoms. The van der Waals surface area contributed by atoms with Gasteiger partial charge in [0.25, 0.3) is 0 Å². The van der Waals surface area contributed by atoms with Gasteiger partial charge in [-0.05, 0) is 30.5 Å². The van der Waals surface area contributed by atoms with Crippen LogP contribution in [0.25, 0.3) is 11.1 Å². The summed E-state index contributed by atoms with van der Waals surface area (Å²) in [6, 6.07) is 8.03. The molecule has 0 spiro atoms. The minimum absolute atomic E-state index is 0.365. The fraction of sp³-hybridized carbons (Fsp3) is 0.357. The van der Waals surface area contributed by atoms with Gasteiger partial charge >= 0.3 is 0 Å². The number of hydrogen-bond acceptors (Lipinski definition) is 4.